The number of nitrogens with zero attached hydrogens (tertiary/aromatic N) is 1. The van der Waals surface area contributed by atoms with Gasteiger partial charge in [-0.05, 0) is 55.6 Å². The molecule has 0 spiro atoms. The average Bonchev–Trinajstić information content (AvgIpc) is 2.60. The van der Waals surface area contributed by atoms with Crippen molar-refractivity contribution in [1.29, 1.82) is 0 Å². The molecule has 0 aromatic heterocycles. The van der Waals surface area contributed by atoms with E-state index in [1.54, 1.807) is 0 Å². The van der Waals surface area contributed by atoms with Crippen LogP contribution in [0.3, 0.4) is 0 Å². The van der Waals surface area contributed by atoms with Gasteiger partial charge in [-0.2, -0.15) is 0 Å². The molecule has 1 atom stereocenters. The van der Waals surface area contributed by atoms with Crippen LogP contribution in [0, 0.1) is 0 Å². The molecule has 1 unspecified atom stereocenters. The molecule has 1 aromatic carbocycles. The second-order valence-corrected chi connectivity index (χ2v) is 6.76. The fourth-order valence-corrected chi connectivity index (χ4v) is 3.69. The standard InChI is InChI=1S/C18H27N3OS/c23-18(19-9-4-10-21-11-13-22-14-12-21)20-17-8-3-6-15-5-1-2-7-16(15)17/h1-2,5,7,17H,3-4,6,8-14H2,(H2,19,20,23). The SMILES string of the molecule is S=C(NCCCN1CCOCC1)NC1CCCc2ccccc21. The van der Waals surface area contributed by atoms with E-state index in [0.717, 1.165) is 57.3 Å². The predicted molar refractivity (Wildman–Crippen MR) is 97.7 cm³/mol. The summed E-state index contributed by atoms with van der Waals surface area (Å²) in [5, 5.41) is 7.65. The molecule has 2 N–H and O–H groups in total. The van der Waals surface area contributed by atoms with Crippen molar-refractivity contribution >= 4 is 17.3 Å². The van der Waals surface area contributed by atoms with Crippen molar-refractivity contribution in [2.45, 2.75) is 31.7 Å². The number of hydrogen-bond acceptors (Lipinski definition) is 3. The summed E-state index contributed by atoms with van der Waals surface area (Å²) in [6.45, 7) is 5.90. The molecule has 3 rings (SSSR count). The summed E-state index contributed by atoms with van der Waals surface area (Å²) in [5.74, 6) is 0. The molecule has 0 radical (unpaired) electrons. The Morgan fingerprint density at radius 3 is 2.96 bits per heavy atom. The first kappa shape index (κ1) is 16.7. The van der Waals surface area contributed by atoms with Crippen molar-refractivity contribution in [2.75, 3.05) is 39.4 Å². The van der Waals surface area contributed by atoms with E-state index in [4.69, 9.17) is 17.0 Å². The van der Waals surface area contributed by atoms with Gasteiger partial charge in [-0.25, -0.2) is 0 Å². The van der Waals surface area contributed by atoms with Gasteiger partial charge in [-0.3, -0.25) is 4.90 Å². The fraction of sp³-hybridized carbons (Fsp3) is 0.611. The van der Waals surface area contributed by atoms with E-state index in [-0.39, 0.29) is 0 Å². The summed E-state index contributed by atoms with van der Waals surface area (Å²) in [4.78, 5) is 2.46. The van der Waals surface area contributed by atoms with Gasteiger partial charge >= 0.3 is 0 Å². The maximum atomic E-state index is 5.48. The van der Waals surface area contributed by atoms with Gasteiger partial charge in [-0.15, -0.1) is 0 Å². The van der Waals surface area contributed by atoms with Crippen LogP contribution >= 0.6 is 12.2 Å². The predicted octanol–water partition coefficient (Wildman–Crippen LogP) is 2.25. The van der Waals surface area contributed by atoms with Crippen LogP contribution in [0.15, 0.2) is 24.3 Å². The number of nitrogens with one attached hydrogen (secondary N) is 2. The van der Waals surface area contributed by atoms with Crippen LogP contribution in [0.1, 0.15) is 36.4 Å². The summed E-state index contributed by atoms with van der Waals surface area (Å²) in [6, 6.07) is 9.08. The Kier molecular flexibility index (Phi) is 6.25. The topological polar surface area (TPSA) is 36.5 Å². The normalized spacial score (nSPS) is 21.5. The van der Waals surface area contributed by atoms with Crippen molar-refractivity contribution in [3.05, 3.63) is 35.4 Å². The molecular weight excluding hydrogens is 306 g/mol. The summed E-state index contributed by atoms with van der Waals surface area (Å²) < 4.78 is 5.37. The molecule has 5 heteroatoms. The summed E-state index contributed by atoms with van der Waals surface area (Å²) >= 11 is 5.48. The Morgan fingerprint density at radius 2 is 2.09 bits per heavy atom. The number of benzene rings is 1. The van der Waals surface area contributed by atoms with E-state index >= 15 is 0 Å². The number of thiocarbonyl (C=S) groups is 1. The lowest BCUT2D eigenvalue weighted by Gasteiger charge is -2.28. The highest BCUT2D eigenvalue weighted by Gasteiger charge is 2.20. The molecule has 126 valence electrons. The van der Waals surface area contributed by atoms with Crippen LogP contribution in [0.4, 0.5) is 0 Å². The molecule has 1 aromatic rings. The largest absolute Gasteiger partial charge is 0.379 e. The Morgan fingerprint density at radius 1 is 1.26 bits per heavy atom. The van der Waals surface area contributed by atoms with Crippen molar-refractivity contribution < 1.29 is 4.74 Å². The lowest BCUT2D eigenvalue weighted by molar-refractivity contribution is 0.0376. The number of rotatable bonds is 5. The summed E-state index contributed by atoms with van der Waals surface area (Å²) in [5.41, 5.74) is 2.88. The average molecular weight is 334 g/mol. The van der Waals surface area contributed by atoms with Gasteiger partial charge in [0.1, 0.15) is 0 Å². The Balaban J connectivity index is 1.38. The van der Waals surface area contributed by atoms with Crippen molar-refractivity contribution in [3.8, 4) is 0 Å². The van der Waals surface area contributed by atoms with Crippen LogP contribution in [0.25, 0.3) is 0 Å². The van der Waals surface area contributed by atoms with Gasteiger partial charge < -0.3 is 15.4 Å². The molecule has 2 aliphatic rings. The fourth-order valence-electron chi connectivity index (χ4n) is 3.44. The first-order chi connectivity index (χ1) is 11.3. The van der Waals surface area contributed by atoms with E-state index < -0.39 is 0 Å². The summed E-state index contributed by atoms with van der Waals surface area (Å²) in [7, 11) is 0. The number of fused-ring (bicyclic) bond motifs is 1. The second kappa shape index (κ2) is 8.62. The smallest absolute Gasteiger partial charge is 0.166 e. The van der Waals surface area contributed by atoms with E-state index in [1.807, 2.05) is 0 Å². The third kappa shape index (κ3) is 4.90. The van der Waals surface area contributed by atoms with Crippen molar-refractivity contribution in [1.82, 2.24) is 15.5 Å². The zero-order chi connectivity index (χ0) is 15.9. The third-order valence-corrected chi connectivity index (χ3v) is 4.98. The van der Waals surface area contributed by atoms with Crippen LogP contribution in [0.5, 0.6) is 0 Å². The molecule has 0 saturated carbocycles. The molecule has 1 heterocycles. The Bertz CT molecular complexity index is 517. The van der Waals surface area contributed by atoms with Crippen molar-refractivity contribution in [2.24, 2.45) is 0 Å². The maximum Gasteiger partial charge on any atom is 0.166 e. The van der Waals surface area contributed by atoms with Gasteiger partial charge in [0, 0.05) is 19.6 Å². The lowest BCUT2D eigenvalue weighted by Crippen LogP contribution is -2.41. The molecule has 1 aliphatic heterocycles. The number of hydrogen-bond donors (Lipinski definition) is 2. The number of morpholine rings is 1. The summed E-state index contributed by atoms with van der Waals surface area (Å²) in [6.07, 6.45) is 4.69. The van der Waals surface area contributed by atoms with Crippen LogP contribution in [-0.4, -0.2) is 49.4 Å². The monoisotopic (exact) mass is 333 g/mol. The molecule has 4 nitrogen and oxygen atoms in total. The first-order valence-electron chi connectivity index (χ1n) is 8.75. The van der Waals surface area contributed by atoms with E-state index in [9.17, 15) is 0 Å². The van der Waals surface area contributed by atoms with Crippen molar-refractivity contribution in [3.63, 3.8) is 0 Å². The molecule has 0 bridgehead atoms. The quantitative estimate of drug-likeness (QED) is 0.638. The first-order valence-corrected chi connectivity index (χ1v) is 9.16. The third-order valence-electron chi connectivity index (χ3n) is 4.72. The van der Waals surface area contributed by atoms with E-state index in [2.05, 4.69) is 39.8 Å². The van der Waals surface area contributed by atoms with Gasteiger partial charge in [0.05, 0.1) is 19.3 Å². The van der Waals surface area contributed by atoms with E-state index in [0.29, 0.717) is 6.04 Å². The number of aryl methyl sites for hydroxylation is 1. The Labute approximate surface area is 144 Å². The van der Waals surface area contributed by atoms with Crippen LogP contribution < -0.4 is 10.6 Å². The molecule has 0 amide bonds. The zero-order valence-corrected chi connectivity index (χ0v) is 14.5. The minimum atomic E-state index is 0.360. The molecule has 1 aliphatic carbocycles. The molecule has 1 fully saturated rings. The highest BCUT2D eigenvalue weighted by molar-refractivity contribution is 7.80. The highest BCUT2D eigenvalue weighted by Crippen LogP contribution is 2.29. The van der Waals surface area contributed by atoms with Gasteiger partial charge in [-0.1, -0.05) is 24.3 Å². The van der Waals surface area contributed by atoms with Gasteiger partial charge in [0.2, 0.25) is 0 Å². The van der Waals surface area contributed by atoms with Gasteiger partial charge in [0.15, 0.2) is 5.11 Å². The highest BCUT2D eigenvalue weighted by atomic mass is 32.1. The van der Waals surface area contributed by atoms with Gasteiger partial charge in [0.25, 0.3) is 0 Å². The molecule has 23 heavy (non-hydrogen) atoms. The van der Waals surface area contributed by atoms with Crippen LogP contribution in [0.2, 0.25) is 0 Å². The second-order valence-electron chi connectivity index (χ2n) is 6.35. The minimum absolute atomic E-state index is 0.360. The van der Waals surface area contributed by atoms with E-state index in [1.165, 1.54) is 24.0 Å². The van der Waals surface area contributed by atoms with Crippen LogP contribution in [-0.2, 0) is 11.2 Å². The Hall–Kier alpha value is -1.17. The zero-order valence-electron chi connectivity index (χ0n) is 13.7. The lowest BCUT2D eigenvalue weighted by atomic mass is 9.88. The minimum Gasteiger partial charge on any atom is -0.379 e. The number of ether oxygens (including phenoxy) is 1. The molecular formula is C18H27N3OS. The maximum absolute atomic E-state index is 5.48. The molecule has 1 saturated heterocycles.